The normalized spacial score (nSPS) is 11.4. The number of hydrogen-bond donors (Lipinski definition) is 0. The van der Waals surface area contributed by atoms with Crippen molar-refractivity contribution >= 4 is 50.9 Å². The molecule has 3 aromatic carbocycles. The predicted molar refractivity (Wildman–Crippen MR) is 104 cm³/mol. The Morgan fingerprint density at radius 2 is 1.18 bits per heavy atom. The molecule has 0 aliphatic carbocycles. The van der Waals surface area contributed by atoms with Crippen LogP contribution in [0.25, 0.3) is 27.5 Å². The van der Waals surface area contributed by atoms with Crippen LogP contribution in [0.15, 0.2) is 60.7 Å². The molecule has 0 aliphatic heterocycles. The summed E-state index contributed by atoms with van der Waals surface area (Å²) in [6, 6.07) is 21.9. The van der Waals surface area contributed by atoms with Gasteiger partial charge in [-0.05, 0) is 53.9 Å². The van der Waals surface area contributed by atoms with E-state index in [0.717, 1.165) is 0 Å². The van der Waals surface area contributed by atoms with Gasteiger partial charge >= 0.3 is 0 Å². The summed E-state index contributed by atoms with van der Waals surface area (Å²) in [4.78, 5) is 0. The van der Waals surface area contributed by atoms with Crippen LogP contribution in [-0.2, 0) is 0 Å². The minimum absolute atomic E-state index is 1.21. The van der Waals surface area contributed by atoms with Gasteiger partial charge in [0.15, 0.2) is 0 Å². The first kappa shape index (κ1) is 13.9. The summed E-state index contributed by atoms with van der Waals surface area (Å²) in [6.07, 6.45) is 0. The summed E-state index contributed by atoms with van der Waals surface area (Å²) in [5.41, 5.74) is 4.99. The Kier molecular flexibility index (Phi) is 3.30. The number of fused-ring (bicyclic) bond motifs is 3. The molecule has 0 saturated heterocycles. The summed E-state index contributed by atoms with van der Waals surface area (Å²) in [5, 5.41) is 5.02. The first-order valence-corrected chi connectivity index (χ1v) is 8.45. The number of aromatic nitrogens is 1. The van der Waals surface area contributed by atoms with Crippen LogP contribution in [0.1, 0.15) is 5.56 Å². The van der Waals surface area contributed by atoms with E-state index >= 15 is 0 Å². The van der Waals surface area contributed by atoms with Crippen LogP contribution in [0.5, 0.6) is 0 Å². The highest BCUT2D eigenvalue weighted by Gasteiger charge is 2.12. The van der Waals surface area contributed by atoms with E-state index in [4.69, 9.17) is 0 Å². The second-order valence-corrected chi connectivity index (χ2v) is 7.06. The number of nitrogens with zero attached hydrogens (tertiary/aromatic N) is 1. The Labute approximate surface area is 134 Å². The molecule has 0 bridgehead atoms. The molecule has 0 fully saturated rings. The van der Waals surface area contributed by atoms with Crippen LogP contribution in [0.2, 0.25) is 0 Å². The van der Waals surface area contributed by atoms with Gasteiger partial charge < -0.3 is 4.57 Å². The molecule has 3 heteroatoms. The van der Waals surface area contributed by atoms with Crippen LogP contribution < -0.4 is 10.6 Å². The van der Waals surface area contributed by atoms with E-state index in [9.17, 15) is 0 Å². The molecule has 0 saturated carbocycles. The summed E-state index contributed by atoms with van der Waals surface area (Å²) < 4.78 is 2.35. The van der Waals surface area contributed by atoms with Gasteiger partial charge in [-0.3, -0.25) is 0 Å². The second kappa shape index (κ2) is 5.20. The maximum Gasteiger partial charge on any atom is 0.0541 e. The van der Waals surface area contributed by atoms with Gasteiger partial charge in [0.2, 0.25) is 0 Å². The molecule has 4 aromatic rings. The average Bonchev–Trinajstić information content (AvgIpc) is 2.81. The zero-order valence-corrected chi connectivity index (χ0v) is 14.7. The third kappa shape index (κ3) is 2.17. The van der Waals surface area contributed by atoms with Gasteiger partial charge in [0.1, 0.15) is 0 Å². The number of hydrogen-bond acceptors (Lipinski definition) is 0. The van der Waals surface area contributed by atoms with Crippen LogP contribution >= 0.6 is 18.5 Å². The molecule has 1 aromatic heterocycles. The topological polar surface area (TPSA) is 4.93 Å². The van der Waals surface area contributed by atoms with Gasteiger partial charge in [-0.2, -0.15) is 0 Å². The van der Waals surface area contributed by atoms with Crippen molar-refractivity contribution in [3.63, 3.8) is 0 Å². The van der Waals surface area contributed by atoms with E-state index < -0.39 is 0 Å². The lowest BCUT2D eigenvalue weighted by atomic mass is 10.1. The maximum atomic E-state index is 2.79. The zero-order valence-electron chi connectivity index (χ0n) is 12.4. The maximum absolute atomic E-state index is 2.79. The molecule has 108 valence electrons. The van der Waals surface area contributed by atoms with Gasteiger partial charge in [0, 0.05) is 16.5 Å². The summed E-state index contributed by atoms with van der Waals surface area (Å²) >= 11 is 0. The molecular weight excluding hydrogens is 304 g/mol. The van der Waals surface area contributed by atoms with Gasteiger partial charge in [-0.15, -0.1) is 18.5 Å². The minimum Gasteiger partial charge on any atom is -0.309 e. The zero-order chi connectivity index (χ0) is 15.3. The fraction of sp³-hybridized carbons (Fsp3) is 0.0526. The molecule has 4 rings (SSSR count). The lowest BCUT2D eigenvalue weighted by Crippen LogP contribution is -1.95. The van der Waals surface area contributed by atoms with Crippen molar-refractivity contribution in [1.82, 2.24) is 4.57 Å². The fourth-order valence-corrected chi connectivity index (χ4v) is 3.56. The van der Waals surface area contributed by atoms with Gasteiger partial charge in [-0.1, -0.05) is 29.8 Å². The Morgan fingerprint density at radius 3 is 1.68 bits per heavy atom. The largest absolute Gasteiger partial charge is 0.309 e. The van der Waals surface area contributed by atoms with Crippen molar-refractivity contribution in [3.05, 3.63) is 66.2 Å². The number of benzene rings is 3. The first-order chi connectivity index (χ1) is 10.6. The van der Waals surface area contributed by atoms with Crippen LogP contribution in [0, 0.1) is 6.92 Å². The molecule has 0 N–H and O–H groups in total. The molecule has 0 radical (unpaired) electrons. The quantitative estimate of drug-likeness (QED) is 0.465. The van der Waals surface area contributed by atoms with E-state index in [2.05, 4.69) is 90.6 Å². The van der Waals surface area contributed by atoms with E-state index in [-0.39, 0.29) is 0 Å². The van der Waals surface area contributed by atoms with Crippen LogP contribution in [0.3, 0.4) is 0 Å². The molecule has 0 spiro atoms. The highest BCUT2D eigenvalue weighted by atomic mass is 31.0. The van der Waals surface area contributed by atoms with E-state index in [1.807, 2.05) is 0 Å². The number of rotatable bonds is 1. The van der Waals surface area contributed by atoms with Crippen LogP contribution in [-0.4, -0.2) is 4.57 Å². The van der Waals surface area contributed by atoms with Crippen molar-refractivity contribution in [3.8, 4) is 5.69 Å². The molecule has 2 atom stereocenters. The highest BCUT2D eigenvalue weighted by Crippen LogP contribution is 2.31. The van der Waals surface area contributed by atoms with Crippen molar-refractivity contribution in [2.24, 2.45) is 0 Å². The standard InChI is InChI=1S/C19H17NP2/c1-12-2-4-13(5-3-12)20-18-8-6-14(21)10-16(18)17-11-15(22)7-9-19(17)20/h2-11H,21-22H2,1H3. The predicted octanol–water partition coefficient (Wildman–Crippen LogP) is 4.09. The van der Waals surface area contributed by atoms with E-state index in [0.29, 0.717) is 0 Å². The van der Waals surface area contributed by atoms with E-state index in [1.54, 1.807) is 0 Å². The lowest BCUT2D eigenvalue weighted by molar-refractivity contribution is 1.18. The van der Waals surface area contributed by atoms with Crippen molar-refractivity contribution < 1.29 is 0 Å². The summed E-state index contributed by atoms with van der Waals surface area (Å²) in [7, 11) is 5.59. The van der Waals surface area contributed by atoms with Crippen molar-refractivity contribution in [1.29, 1.82) is 0 Å². The Balaban J connectivity index is 2.17. The Hall–Kier alpha value is -1.68. The number of aryl methyl sites for hydroxylation is 1. The van der Waals surface area contributed by atoms with Crippen LogP contribution in [0.4, 0.5) is 0 Å². The third-order valence-electron chi connectivity index (χ3n) is 4.11. The van der Waals surface area contributed by atoms with Gasteiger partial charge in [-0.25, -0.2) is 0 Å². The second-order valence-electron chi connectivity index (χ2n) is 5.72. The Bertz CT molecular complexity index is 938. The summed E-state index contributed by atoms with van der Waals surface area (Å²) in [5.74, 6) is 0. The molecule has 22 heavy (non-hydrogen) atoms. The lowest BCUT2D eigenvalue weighted by Gasteiger charge is -2.08. The highest BCUT2D eigenvalue weighted by molar-refractivity contribution is 7.27. The molecule has 1 heterocycles. The van der Waals surface area contributed by atoms with Gasteiger partial charge in [0.05, 0.1) is 11.0 Å². The molecular formula is C19H17NP2. The fourth-order valence-electron chi connectivity index (χ4n) is 3.03. The minimum atomic E-state index is 1.21. The summed E-state index contributed by atoms with van der Waals surface area (Å²) in [6.45, 7) is 2.12. The molecule has 0 aliphatic rings. The third-order valence-corrected chi connectivity index (χ3v) is 4.82. The smallest absolute Gasteiger partial charge is 0.0541 e. The first-order valence-electron chi connectivity index (χ1n) is 7.30. The Morgan fingerprint density at radius 1 is 0.682 bits per heavy atom. The SMILES string of the molecule is Cc1ccc(-n2c3ccc(P)cc3c3cc(P)ccc32)cc1. The average molecular weight is 321 g/mol. The monoisotopic (exact) mass is 321 g/mol. The molecule has 0 amide bonds. The molecule has 2 unspecified atom stereocenters. The van der Waals surface area contributed by atoms with Crippen molar-refractivity contribution in [2.45, 2.75) is 6.92 Å². The van der Waals surface area contributed by atoms with Crippen molar-refractivity contribution in [2.75, 3.05) is 0 Å². The molecule has 1 nitrogen and oxygen atoms in total. The van der Waals surface area contributed by atoms with Gasteiger partial charge in [0.25, 0.3) is 0 Å². The van der Waals surface area contributed by atoms with E-state index in [1.165, 1.54) is 43.7 Å².